The molecule has 1 atom stereocenters. The summed E-state index contributed by atoms with van der Waals surface area (Å²) in [6, 6.07) is 18.2. The second kappa shape index (κ2) is 7.25. The zero-order chi connectivity index (χ0) is 16.1. The largest absolute Gasteiger partial charge is 0.370 e. The lowest BCUT2D eigenvalue weighted by molar-refractivity contribution is -0.133. The van der Waals surface area contributed by atoms with Gasteiger partial charge in [-0.3, -0.25) is 4.79 Å². The highest BCUT2D eigenvalue weighted by Crippen LogP contribution is 2.22. The number of amides is 1. The highest BCUT2D eigenvalue weighted by atomic mass is 16.5. The Labute approximate surface area is 137 Å². The minimum Gasteiger partial charge on any atom is -0.370 e. The third kappa shape index (κ3) is 4.08. The smallest absolute Gasteiger partial charge is 0.246 e. The summed E-state index contributed by atoms with van der Waals surface area (Å²) in [5.41, 5.74) is 3.36. The van der Waals surface area contributed by atoms with E-state index in [2.05, 4.69) is 6.07 Å². The van der Waals surface area contributed by atoms with E-state index in [1.807, 2.05) is 66.4 Å². The molecule has 1 heterocycles. The van der Waals surface area contributed by atoms with Crippen LogP contribution in [-0.2, 0) is 9.53 Å². The standard InChI is InChI=1S/C20H21NO2/c1-16-6-5-7-17(14-16)10-11-20(22)21-12-13-23-19(15-21)18-8-3-2-4-9-18/h2-11,14,19H,12-13,15H2,1H3/b11-10+. The number of nitrogens with zero attached hydrogens (tertiary/aromatic N) is 1. The van der Waals surface area contributed by atoms with Crippen molar-refractivity contribution < 1.29 is 9.53 Å². The van der Waals surface area contributed by atoms with Gasteiger partial charge in [0.05, 0.1) is 13.2 Å². The van der Waals surface area contributed by atoms with Gasteiger partial charge in [0.15, 0.2) is 0 Å². The summed E-state index contributed by atoms with van der Waals surface area (Å²) in [6.45, 7) is 3.86. The molecule has 3 nitrogen and oxygen atoms in total. The molecule has 23 heavy (non-hydrogen) atoms. The lowest BCUT2D eigenvalue weighted by atomic mass is 10.1. The number of morpholine rings is 1. The maximum absolute atomic E-state index is 12.4. The van der Waals surface area contributed by atoms with Gasteiger partial charge in [-0.2, -0.15) is 0 Å². The molecule has 1 saturated heterocycles. The number of ether oxygens (including phenoxy) is 1. The molecule has 2 aromatic rings. The fourth-order valence-corrected chi connectivity index (χ4v) is 2.77. The molecule has 0 bridgehead atoms. The molecule has 1 amide bonds. The third-order valence-electron chi connectivity index (χ3n) is 4.01. The summed E-state index contributed by atoms with van der Waals surface area (Å²) < 4.78 is 5.80. The van der Waals surface area contributed by atoms with E-state index in [0.717, 1.165) is 11.1 Å². The van der Waals surface area contributed by atoms with Gasteiger partial charge in [-0.1, -0.05) is 60.2 Å². The van der Waals surface area contributed by atoms with Gasteiger partial charge in [-0.15, -0.1) is 0 Å². The summed E-state index contributed by atoms with van der Waals surface area (Å²) in [5.74, 6) is 0.0377. The van der Waals surface area contributed by atoms with E-state index < -0.39 is 0 Å². The van der Waals surface area contributed by atoms with E-state index in [1.165, 1.54) is 5.56 Å². The molecule has 0 aromatic heterocycles. The van der Waals surface area contributed by atoms with Crippen LogP contribution < -0.4 is 0 Å². The van der Waals surface area contributed by atoms with Crippen LogP contribution >= 0.6 is 0 Å². The van der Waals surface area contributed by atoms with Gasteiger partial charge in [0.1, 0.15) is 6.10 Å². The molecule has 1 unspecified atom stereocenters. The van der Waals surface area contributed by atoms with Gasteiger partial charge < -0.3 is 9.64 Å². The Morgan fingerprint density at radius 1 is 1.17 bits per heavy atom. The molecule has 1 aliphatic rings. The average Bonchev–Trinajstić information content (AvgIpc) is 2.61. The maximum atomic E-state index is 12.4. The van der Waals surface area contributed by atoms with Crippen LogP contribution in [0.5, 0.6) is 0 Å². The fraction of sp³-hybridized carbons (Fsp3) is 0.250. The van der Waals surface area contributed by atoms with Gasteiger partial charge in [-0.05, 0) is 24.1 Å². The number of benzene rings is 2. The molecule has 0 spiro atoms. The first-order chi connectivity index (χ1) is 11.2. The van der Waals surface area contributed by atoms with E-state index in [4.69, 9.17) is 4.74 Å². The normalized spacial score (nSPS) is 18.3. The van der Waals surface area contributed by atoms with E-state index in [0.29, 0.717) is 19.7 Å². The topological polar surface area (TPSA) is 29.5 Å². The van der Waals surface area contributed by atoms with Crippen LogP contribution in [0.2, 0.25) is 0 Å². The predicted molar refractivity (Wildman–Crippen MR) is 91.9 cm³/mol. The van der Waals surface area contributed by atoms with Crippen LogP contribution in [0.1, 0.15) is 22.8 Å². The number of carbonyl (C=O) groups is 1. The van der Waals surface area contributed by atoms with Gasteiger partial charge in [0.25, 0.3) is 0 Å². The number of rotatable bonds is 3. The van der Waals surface area contributed by atoms with Crippen molar-refractivity contribution in [2.45, 2.75) is 13.0 Å². The van der Waals surface area contributed by atoms with Gasteiger partial charge in [0.2, 0.25) is 5.91 Å². The summed E-state index contributed by atoms with van der Waals surface area (Å²) in [4.78, 5) is 14.3. The molecule has 118 valence electrons. The lowest BCUT2D eigenvalue weighted by Crippen LogP contribution is -2.41. The number of aryl methyl sites for hydroxylation is 1. The Hall–Kier alpha value is -2.39. The predicted octanol–water partition coefficient (Wildman–Crippen LogP) is 3.61. The van der Waals surface area contributed by atoms with Crippen molar-refractivity contribution in [3.8, 4) is 0 Å². The van der Waals surface area contributed by atoms with E-state index in [-0.39, 0.29) is 12.0 Å². The van der Waals surface area contributed by atoms with Crippen LogP contribution in [0.25, 0.3) is 6.08 Å². The molecule has 3 heteroatoms. The zero-order valence-corrected chi connectivity index (χ0v) is 13.3. The summed E-state index contributed by atoms with van der Waals surface area (Å²) in [7, 11) is 0. The molecule has 0 aliphatic carbocycles. The molecule has 1 aliphatic heterocycles. The molecule has 1 fully saturated rings. The Kier molecular flexibility index (Phi) is 4.89. The first-order valence-corrected chi connectivity index (χ1v) is 7.92. The van der Waals surface area contributed by atoms with Crippen LogP contribution in [-0.4, -0.2) is 30.5 Å². The first kappa shape index (κ1) is 15.5. The highest BCUT2D eigenvalue weighted by molar-refractivity contribution is 5.91. The monoisotopic (exact) mass is 307 g/mol. The van der Waals surface area contributed by atoms with E-state index >= 15 is 0 Å². The average molecular weight is 307 g/mol. The van der Waals surface area contributed by atoms with Crippen LogP contribution in [0.4, 0.5) is 0 Å². The van der Waals surface area contributed by atoms with Gasteiger partial charge in [0, 0.05) is 12.6 Å². The van der Waals surface area contributed by atoms with Crippen molar-refractivity contribution >= 4 is 12.0 Å². The van der Waals surface area contributed by atoms with Crippen molar-refractivity contribution in [1.29, 1.82) is 0 Å². The molecule has 0 N–H and O–H groups in total. The second-order valence-corrected chi connectivity index (χ2v) is 5.80. The molecular formula is C20H21NO2. The first-order valence-electron chi connectivity index (χ1n) is 7.92. The van der Waals surface area contributed by atoms with E-state index in [9.17, 15) is 4.79 Å². The summed E-state index contributed by atoms with van der Waals surface area (Å²) in [5, 5.41) is 0. The Morgan fingerprint density at radius 3 is 2.78 bits per heavy atom. The van der Waals surface area contributed by atoms with Crippen LogP contribution in [0.3, 0.4) is 0 Å². The number of hydrogen-bond donors (Lipinski definition) is 0. The lowest BCUT2D eigenvalue weighted by Gasteiger charge is -2.32. The number of carbonyl (C=O) groups excluding carboxylic acids is 1. The van der Waals surface area contributed by atoms with Gasteiger partial charge in [-0.25, -0.2) is 0 Å². The molecule has 0 radical (unpaired) electrons. The fourth-order valence-electron chi connectivity index (χ4n) is 2.77. The highest BCUT2D eigenvalue weighted by Gasteiger charge is 2.23. The molecule has 3 rings (SSSR count). The van der Waals surface area contributed by atoms with Crippen molar-refractivity contribution in [1.82, 2.24) is 4.90 Å². The minimum absolute atomic E-state index is 0.0377. The Bertz CT molecular complexity index is 694. The van der Waals surface area contributed by atoms with Gasteiger partial charge >= 0.3 is 0 Å². The van der Waals surface area contributed by atoms with Crippen LogP contribution in [0, 0.1) is 6.92 Å². The second-order valence-electron chi connectivity index (χ2n) is 5.80. The Balaban J connectivity index is 1.65. The van der Waals surface area contributed by atoms with Crippen molar-refractivity contribution in [3.63, 3.8) is 0 Å². The Morgan fingerprint density at radius 2 is 2.00 bits per heavy atom. The van der Waals surface area contributed by atoms with Crippen molar-refractivity contribution in [2.75, 3.05) is 19.7 Å². The van der Waals surface area contributed by atoms with Crippen molar-refractivity contribution in [2.24, 2.45) is 0 Å². The minimum atomic E-state index is -0.0405. The third-order valence-corrected chi connectivity index (χ3v) is 4.01. The molecule has 0 saturated carbocycles. The summed E-state index contributed by atoms with van der Waals surface area (Å²) in [6.07, 6.45) is 3.49. The quantitative estimate of drug-likeness (QED) is 0.811. The SMILES string of the molecule is Cc1cccc(/C=C/C(=O)N2CCOC(c3ccccc3)C2)c1. The molecule has 2 aromatic carbocycles. The summed E-state index contributed by atoms with van der Waals surface area (Å²) >= 11 is 0. The van der Waals surface area contributed by atoms with Crippen molar-refractivity contribution in [3.05, 3.63) is 77.4 Å². The zero-order valence-electron chi connectivity index (χ0n) is 13.3. The van der Waals surface area contributed by atoms with Crippen LogP contribution in [0.15, 0.2) is 60.7 Å². The number of hydrogen-bond acceptors (Lipinski definition) is 2. The maximum Gasteiger partial charge on any atom is 0.246 e. The van der Waals surface area contributed by atoms with E-state index in [1.54, 1.807) is 6.08 Å². The molecular weight excluding hydrogens is 286 g/mol.